The molecule has 0 aliphatic carbocycles. The van der Waals surface area contributed by atoms with Crippen molar-refractivity contribution in [3.8, 4) is 0 Å². The number of phosphoric ester groups is 1. The zero-order chi connectivity index (χ0) is 23.1. The topological polar surface area (TPSA) is 242 Å². The molecule has 2 heterocycles. The Morgan fingerprint density at radius 1 is 1.13 bits per heavy atom. The van der Waals surface area contributed by atoms with E-state index in [1.165, 1.54) is 13.2 Å². The Hall–Kier alpha value is -0.960. The first-order chi connectivity index (χ1) is 13.5. The number of hydrogen-bond acceptors (Lipinski definition) is 10. The van der Waals surface area contributed by atoms with Gasteiger partial charge in [-0.05, 0) is 0 Å². The second-order valence-corrected chi connectivity index (χ2v) is 10.5. The number of carbonyl (C=O) groups is 1. The summed E-state index contributed by atoms with van der Waals surface area (Å²) < 4.78 is 50.5. The molecule has 3 unspecified atom stereocenters. The van der Waals surface area contributed by atoms with Crippen LogP contribution in [0.25, 0.3) is 0 Å². The molecule has 30 heavy (non-hydrogen) atoms. The zero-order valence-electron chi connectivity index (χ0n) is 15.0. The molecule has 1 fully saturated rings. The highest BCUT2D eigenvalue weighted by atomic mass is 31.3. The third-order valence-electron chi connectivity index (χ3n) is 3.75. The quantitative estimate of drug-likeness (QED) is 0.197. The average molecular weight is 496 g/mol. The highest BCUT2D eigenvalue weighted by Gasteiger charge is 2.47. The molecule has 0 aromatic carbocycles. The van der Waals surface area contributed by atoms with Crippen LogP contribution in [0.4, 0.5) is 4.79 Å². The number of rotatable bonds is 8. The van der Waals surface area contributed by atoms with Crippen molar-refractivity contribution in [2.75, 3.05) is 13.7 Å². The lowest BCUT2D eigenvalue weighted by Crippen LogP contribution is -2.42. The fourth-order valence-electron chi connectivity index (χ4n) is 2.49. The van der Waals surface area contributed by atoms with Gasteiger partial charge in [-0.2, -0.15) is 8.62 Å². The van der Waals surface area contributed by atoms with E-state index in [2.05, 4.69) is 25.0 Å². The Morgan fingerprint density at radius 3 is 2.30 bits per heavy atom. The Labute approximate surface area is 168 Å². The molecular formula is C11H19N2O14P3. The molecule has 172 valence electrons. The van der Waals surface area contributed by atoms with Crippen LogP contribution in [0.3, 0.4) is 0 Å². The van der Waals surface area contributed by atoms with Gasteiger partial charge in [-0.25, -0.2) is 18.5 Å². The second kappa shape index (κ2) is 8.88. The van der Waals surface area contributed by atoms with Crippen LogP contribution < -0.4 is 5.32 Å². The Balaban J connectivity index is 2.04. The third-order valence-corrected chi connectivity index (χ3v) is 7.55. The minimum Gasteiger partial charge on any atom is -0.387 e. The third kappa shape index (κ3) is 6.52. The largest absolute Gasteiger partial charge is 0.490 e. The number of aliphatic hydroxyl groups excluding tert-OH is 2. The van der Waals surface area contributed by atoms with Crippen molar-refractivity contribution in [2.24, 2.45) is 0 Å². The Morgan fingerprint density at radius 2 is 1.73 bits per heavy atom. The minimum atomic E-state index is -5.70. The van der Waals surface area contributed by atoms with Gasteiger partial charge in [0.2, 0.25) is 0 Å². The van der Waals surface area contributed by atoms with Crippen LogP contribution in [0.1, 0.15) is 0 Å². The summed E-state index contributed by atoms with van der Waals surface area (Å²) in [5, 5.41) is 22.7. The van der Waals surface area contributed by atoms with Gasteiger partial charge >= 0.3 is 29.5 Å². The van der Waals surface area contributed by atoms with Gasteiger partial charge < -0.3 is 44.7 Å². The maximum absolute atomic E-state index is 11.7. The Bertz CT molecular complexity index is 884. The summed E-state index contributed by atoms with van der Waals surface area (Å²) in [7, 11) is -15.3. The summed E-state index contributed by atoms with van der Waals surface area (Å²) in [6.07, 6.45) is -4.65. The highest BCUT2D eigenvalue weighted by molar-refractivity contribution is 7.66. The first-order valence-electron chi connectivity index (χ1n) is 7.76. The predicted molar refractivity (Wildman–Crippen MR) is 94.0 cm³/mol. The lowest BCUT2D eigenvalue weighted by atomic mass is 9.99. The molecule has 2 amide bonds. The number of amides is 2. The smallest absolute Gasteiger partial charge is 0.387 e. The first-order valence-corrected chi connectivity index (χ1v) is 12.3. The molecule has 0 saturated carbocycles. The number of nitrogens with one attached hydrogen (secondary N) is 1. The summed E-state index contributed by atoms with van der Waals surface area (Å²) in [5.41, 5.74) is 0.257. The first kappa shape index (κ1) is 25.3. The van der Waals surface area contributed by atoms with Crippen molar-refractivity contribution in [1.29, 1.82) is 0 Å². The van der Waals surface area contributed by atoms with E-state index in [4.69, 9.17) is 19.4 Å². The van der Waals surface area contributed by atoms with E-state index in [1.54, 1.807) is 0 Å². The molecule has 0 bridgehead atoms. The zero-order valence-corrected chi connectivity index (χ0v) is 17.7. The normalized spacial score (nSPS) is 31.7. The second-order valence-electron chi connectivity index (χ2n) is 6.07. The molecule has 7 N–H and O–H groups in total. The summed E-state index contributed by atoms with van der Waals surface area (Å²) in [4.78, 5) is 48.1. The molecule has 0 aromatic heterocycles. The molecule has 19 heteroatoms. The van der Waals surface area contributed by atoms with Crippen LogP contribution >= 0.6 is 23.5 Å². The van der Waals surface area contributed by atoms with E-state index < -0.39 is 60.5 Å². The SMILES string of the molecule is C=C1NC(=O)N(C)C=C1[C@@H]1O[C@H](COP(=O)(O)OP(=O)(O)OP(=O)(O)O)[C@H](O)C1O. The average Bonchev–Trinajstić information content (AvgIpc) is 2.81. The number of aliphatic hydroxyl groups is 2. The molecule has 2 aliphatic rings. The van der Waals surface area contributed by atoms with E-state index in [9.17, 15) is 33.6 Å². The fraction of sp³-hybridized carbons (Fsp3) is 0.545. The van der Waals surface area contributed by atoms with Crippen LogP contribution in [0.2, 0.25) is 0 Å². The van der Waals surface area contributed by atoms with Gasteiger partial charge in [0.25, 0.3) is 0 Å². The van der Waals surface area contributed by atoms with Gasteiger partial charge in [0.15, 0.2) is 0 Å². The van der Waals surface area contributed by atoms with Crippen molar-refractivity contribution in [3.63, 3.8) is 0 Å². The molecule has 2 rings (SSSR count). The van der Waals surface area contributed by atoms with E-state index in [0.717, 1.165) is 4.90 Å². The number of carbonyl (C=O) groups excluding carboxylic acids is 1. The molecule has 6 atom stereocenters. The maximum atomic E-state index is 11.7. The minimum absolute atomic E-state index is 0.0721. The van der Waals surface area contributed by atoms with E-state index in [-0.39, 0.29) is 11.3 Å². The molecule has 16 nitrogen and oxygen atoms in total. The van der Waals surface area contributed by atoms with Crippen molar-refractivity contribution < 1.29 is 66.2 Å². The summed E-state index contributed by atoms with van der Waals surface area (Å²) in [5.74, 6) is 0. The fourth-order valence-corrected chi connectivity index (χ4v) is 5.52. The molecular weight excluding hydrogens is 477 g/mol. The number of nitrogens with zero attached hydrogens (tertiary/aromatic N) is 1. The van der Waals surface area contributed by atoms with E-state index in [1.807, 2.05) is 0 Å². The van der Waals surface area contributed by atoms with Gasteiger partial charge in [0, 0.05) is 24.5 Å². The van der Waals surface area contributed by atoms with Gasteiger partial charge in [-0.15, -0.1) is 0 Å². The summed E-state index contributed by atoms with van der Waals surface area (Å²) >= 11 is 0. The molecule has 2 aliphatic heterocycles. The Kier molecular flexibility index (Phi) is 7.49. The summed E-state index contributed by atoms with van der Waals surface area (Å²) in [6.45, 7) is 2.63. The molecule has 0 spiro atoms. The number of phosphoric acid groups is 3. The number of hydrogen-bond donors (Lipinski definition) is 7. The highest BCUT2D eigenvalue weighted by Crippen LogP contribution is 2.66. The lowest BCUT2D eigenvalue weighted by molar-refractivity contribution is -0.0137. The van der Waals surface area contributed by atoms with Crippen molar-refractivity contribution in [3.05, 3.63) is 24.0 Å². The van der Waals surface area contributed by atoms with Crippen LogP contribution in [-0.4, -0.2) is 78.8 Å². The monoisotopic (exact) mass is 496 g/mol. The van der Waals surface area contributed by atoms with Gasteiger partial charge in [-0.3, -0.25) is 4.52 Å². The molecule has 0 aromatic rings. The van der Waals surface area contributed by atoms with Gasteiger partial charge in [-0.1, -0.05) is 6.58 Å². The van der Waals surface area contributed by atoms with Crippen LogP contribution in [0, 0.1) is 0 Å². The van der Waals surface area contributed by atoms with Crippen molar-refractivity contribution in [1.82, 2.24) is 10.2 Å². The van der Waals surface area contributed by atoms with E-state index in [0.29, 0.717) is 0 Å². The van der Waals surface area contributed by atoms with Crippen molar-refractivity contribution >= 4 is 29.5 Å². The van der Waals surface area contributed by atoms with Crippen LogP contribution in [-0.2, 0) is 31.6 Å². The maximum Gasteiger partial charge on any atom is 0.490 e. The standard InChI is InChI=1S/C11H19N2O14P3/c1-5-6(3-13(2)11(16)12-5)10-9(15)8(14)7(25-10)4-24-29(20,21)27-30(22,23)26-28(17,18)19/h3,7-10,14-15H,1,4H2,2H3,(H,12,16)(H,20,21)(H,22,23)(H2,17,18,19)/t7-,8+,9?,10+/m1/s1. The molecule has 0 radical (unpaired) electrons. The van der Waals surface area contributed by atoms with Crippen LogP contribution in [0.5, 0.6) is 0 Å². The van der Waals surface area contributed by atoms with Gasteiger partial charge in [0.05, 0.1) is 6.61 Å². The van der Waals surface area contributed by atoms with E-state index >= 15 is 0 Å². The number of ether oxygens (including phenoxy) is 1. The summed E-state index contributed by atoms with van der Waals surface area (Å²) in [6, 6.07) is -0.513. The molecule has 1 saturated heterocycles. The van der Waals surface area contributed by atoms with Crippen LogP contribution in [0.15, 0.2) is 24.0 Å². The number of urea groups is 1. The predicted octanol–water partition coefficient (Wildman–Crippen LogP) is -1.13. The lowest BCUT2D eigenvalue weighted by Gasteiger charge is -2.28. The van der Waals surface area contributed by atoms with Gasteiger partial charge in [0.1, 0.15) is 24.4 Å². The van der Waals surface area contributed by atoms with Crippen molar-refractivity contribution in [2.45, 2.75) is 24.4 Å².